The average molecular weight is 365 g/mol. The zero-order valence-electron chi connectivity index (χ0n) is 10.2. The Bertz CT molecular complexity index is 708. The molecule has 2 heterocycles. The van der Waals surface area contributed by atoms with Crippen LogP contribution in [-0.4, -0.2) is 11.1 Å². The third-order valence-corrected chi connectivity index (χ3v) is 4.94. The van der Waals surface area contributed by atoms with Gasteiger partial charge in [-0.05, 0) is 57.3 Å². The molecular weight excluding hydrogens is 356 g/mol. The topological polar surface area (TPSA) is 41.5 Å². The van der Waals surface area contributed by atoms with Gasteiger partial charge in [0.1, 0.15) is 0 Å². The Morgan fingerprint density at radius 1 is 1.20 bits per heavy atom. The largest absolute Gasteiger partial charge is 0.300 e. The first-order valence-electron chi connectivity index (χ1n) is 5.80. The lowest BCUT2D eigenvalue weighted by atomic mass is 10.3. The number of nitrogens with zero attached hydrogens (tertiary/aromatic N) is 1. The summed E-state index contributed by atoms with van der Waals surface area (Å²) in [5.74, 6) is -0.103. The van der Waals surface area contributed by atoms with Crippen molar-refractivity contribution >= 4 is 61.9 Å². The minimum Gasteiger partial charge on any atom is -0.300 e. The number of aliphatic imine (C=N–C) groups is 1. The first-order chi connectivity index (χ1) is 9.72. The zero-order valence-corrected chi connectivity index (χ0v) is 13.4. The molecule has 1 N–H and O–H groups in total. The molecule has 1 aromatic heterocycles. The van der Waals surface area contributed by atoms with Gasteiger partial charge in [0.05, 0.1) is 10.6 Å². The molecule has 20 heavy (non-hydrogen) atoms. The van der Waals surface area contributed by atoms with E-state index in [0.717, 1.165) is 15.0 Å². The highest BCUT2D eigenvalue weighted by Crippen LogP contribution is 2.31. The number of thiophene rings is 1. The van der Waals surface area contributed by atoms with Crippen molar-refractivity contribution in [3.05, 3.63) is 56.0 Å². The molecule has 0 unspecified atom stereocenters. The van der Waals surface area contributed by atoms with Gasteiger partial charge in [0, 0.05) is 9.35 Å². The summed E-state index contributed by atoms with van der Waals surface area (Å²) < 4.78 is 0.901. The van der Waals surface area contributed by atoms with Gasteiger partial charge in [0.15, 0.2) is 5.17 Å². The number of para-hydroxylation sites is 1. The molecule has 3 nitrogen and oxygen atoms in total. The minimum atomic E-state index is -0.103. The molecule has 1 fully saturated rings. The van der Waals surface area contributed by atoms with Gasteiger partial charge >= 0.3 is 0 Å². The summed E-state index contributed by atoms with van der Waals surface area (Å²) >= 11 is 6.40. The lowest BCUT2D eigenvalue weighted by Crippen LogP contribution is -2.19. The molecule has 1 aliphatic rings. The minimum absolute atomic E-state index is 0.103. The molecule has 0 radical (unpaired) electrons. The van der Waals surface area contributed by atoms with E-state index in [9.17, 15) is 4.79 Å². The summed E-state index contributed by atoms with van der Waals surface area (Å²) in [5, 5.41) is 5.37. The smallest absolute Gasteiger partial charge is 0.264 e. The summed E-state index contributed by atoms with van der Waals surface area (Å²) in [6.45, 7) is 0. The number of rotatable bonds is 2. The highest BCUT2D eigenvalue weighted by Gasteiger charge is 2.24. The number of thioether (sulfide) groups is 1. The van der Waals surface area contributed by atoms with Crippen LogP contribution in [0.2, 0.25) is 0 Å². The monoisotopic (exact) mass is 364 g/mol. The van der Waals surface area contributed by atoms with Crippen LogP contribution >= 0.6 is 39.0 Å². The fourth-order valence-electron chi connectivity index (χ4n) is 1.63. The van der Waals surface area contributed by atoms with E-state index in [1.807, 2.05) is 47.9 Å². The number of benzene rings is 1. The van der Waals surface area contributed by atoms with E-state index in [1.165, 1.54) is 11.8 Å². The van der Waals surface area contributed by atoms with Gasteiger partial charge in [-0.25, -0.2) is 4.99 Å². The second kappa shape index (κ2) is 5.95. The molecule has 6 heteroatoms. The summed E-state index contributed by atoms with van der Waals surface area (Å²) in [4.78, 5) is 18.1. The molecular formula is C14H9BrN2OS2. The molecule has 2 aromatic rings. The van der Waals surface area contributed by atoms with Crippen LogP contribution in [0.25, 0.3) is 6.08 Å². The Kier molecular flexibility index (Phi) is 4.05. The number of amidine groups is 1. The third kappa shape index (κ3) is 3.03. The Balaban J connectivity index is 1.85. The van der Waals surface area contributed by atoms with Crippen molar-refractivity contribution < 1.29 is 4.79 Å². The Hall–Kier alpha value is -1.37. The number of carbonyl (C=O) groups excluding carboxylic acids is 1. The summed E-state index contributed by atoms with van der Waals surface area (Å²) in [7, 11) is 0. The maximum atomic E-state index is 11.9. The van der Waals surface area contributed by atoms with Gasteiger partial charge in [-0.2, -0.15) is 0 Å². The lowest BCUT2D eigenvalue weighted by molar-refractivity contribution is -0.115. The van der Waals surface area contributed by atoms with Crippen molar-refractivity contribution in [3.63, 3.8) is 0 Å². The predicted octanol–water partition coefficient (Wildman–Crippen LogP) is 4.40. The molecule has 0 atom stereocenters. The molecule has 0 bridgehead atoms. The first kappa shape index (κ1) is 13.6. The lowest BCUT2D eigenvalue weighted by Gasteiger charge is -1.98. The van der Waals surface area contributed by atoms with Crippen LogP contribution in [-0.2, 0) is 4.79 Å². The Morgan fingerprint density at radius 3 is 2.80 bits per heavy atom. The van der Waals surface area contributed by atoms with Crippen molar-refractivity contribution in [2.24, 2.45) is 4.99 Å². The van der Waals surface area contributed by atoms with Crippen molar-refractivity contribution in [2.45, 2.75) is 0 Å². The highest BCUT2D eigenvalue weighted by atomic mass is 79.9. The van der Waals surface area contributed by atoms with Crippen LogP contribution in [0, 0.1) is 0 Å². The second-order valence-corrected chi connectivity index (χ2v) is 6.81. The van der Waals surface area contributed by atoms with E-state index >= 15 is 0 Å². The Labute approximate surface area is 132 Å². The average Bonchev–Trinajstić information content (AvgIpc) is 3.04. The van der Waals surface area contributed by atoms with Crippen LogP contribution in [0.4, 0.5) is 5.69 Å². The van der Waals surface area contributed by atoms with E-state index in [-0.39, 0.29) is 5.91 Å². The highest BCUT2D eigenvalue weighted by molar-refractivity contribution is 9.10. The van der Waals surface area contributed by atoms with E-state index < -0.39 is 0 Å². The van der Waals surface area contributed by atoms with Gasteiger partial charge in [-0.15, -0.1) is 11.3 Å². The van der Waals surface area contributed by atoms with Crippen LogP contribution in [0.1, 0.15) is 4.88 Å². The number of hydrogen-bond acceptors (Lipinski definition) is 4. The number of nitrogens with one attached hydrogen (secondary N) is 1. The van der Waals surface area contributed by atoms with Crippen LogP contribution in [0.5, 0.6) is 0 Å². The van der Waals surface area contributed by atoms with Gasteiger partial charge in [-0.3, -0.25) is 4.79 Å². The molecule has 1 saturated heterocycles. The van der Waals surface area contributed by atoms with Crippen LogP contribution in [0.15, 0.2) is 56.1 Å². The number of hydrogen-bond donors (Lipinski definition) is 1. The van der Waals surface area contributed by atoms with Gasteiger partial charge in [0.25, 0.3) is 5.91 Å². The van der Waals surface area contributed by atoms with Crippen molar-refractivity contribution in [1.82, 2.24) is 5.32 Å². The molecule has 1 amide bonds. The number of carbonyl (C=O) groups is 1. The van der Waals surface area contributed by atoms with Crippen molar-refractivity contribution in [2.75, 3.05) is 0 Å². The maximum Gasteiger partial charge on any atom is 0.264 e. The Morgan fingerprint density at radius 2 is 2.05 bits per heavy atom. The molecule has 100 valence electrons. The zero-order chi connectivity index (χ0) is 13.9. The summed E-state index contributed by atoms with van der Waals surface area (Å²) in [6.07, 6.45) is 1.88. The van der Waals surface area contributed by atoms with Gasteiger partial charge < -0.3 is 5.32 Å². The van der Waals surface area contributed by atoms with E-state index in [1.54, 1.807) is 11.3 Å². The third-order valence-electron chi connectivity index (χ3n) is 2.54. The quantitative estimate of drug-likeness (QED) is 0.802. The predicted molar refractivity (Wildman–Crippen MR) is 89.3 cm³/mol. The molecule has 0 saturated carbocycles. The second-order valence-electron chi connectivity index (χ2n) is 3.95. The van der Waals surface area contributed by atoms with Crippen LogP contribution in [0.3, 0.4) is 0 Å². The SMILES string of the molecule is O=C1NC(=Nc2ccccc2Br)S/C1=C\c1cccs1. The molecule has 3 rings (SSSR count). The summed E-state index contributed by atoms with van der Waals surface area (Å²) in [5.41, 5.74) is 0.799. The fourth-order valence-corrected chi connectivity index (χ4v) is 3.57. The normalized spacial score (nSPS) is 18.8. The van der Waals surface area contributed by atoms with E-state index in [2.05, 4.69) is 26.2 Å². The fraction of sp³-hybridized carbons (Fsp3) is 0. The van der Waals surface area contributed by atoms with Crippen molar-refractivity contribution in [1.29, 1.82) is 0 Å². The van der Waals surface area contributed by atoms with Gasteiger partial charge in [0.2, 0.25) is 0 Å². The molecule has 0 aliphatic carbocycles. The molecule has 1 aliphatic heterocycles. The summed E-state index contributed by atoms with van der Waals surface area (Å²) in [6, 6.07) is 11.6. The number of halogens is 1. The van der Waals surface area contributed by atoms with E-state index in [4.69, 9.17) is 0 Å². The maximum absolute atomic E-state index is 11.9. The van der Waals surface area contributed by atoms with Gasteiger partial charge in [-0.1, -0.05) is 18.2 Å². The van der Waals surface area contributed by atoms with Crippen LogP contribution < -0.4 is 5.32 Å². The van der Waals surface area contributed by atoms with Crippen molar-refractivity contribution in [3.8, 4) is 0 Å². The molecule has 0 spiro atoms. The molecule has 1 aromatic carbocycles. The number of amides is 1. The van der Waals surface area contributed by atoms with E-state index in [0.29, 0.717) is 10.1 Å². The standard InChI is InChI=1S/C14H9BrN2OS2/c15-10-5-1-2-6-11(10)16-14-17-13(18)12(20-14)8-9-4-3-7-19-9/h1-8H,(H,16,17,18)/b12-8-. The first-order valence-corrected chi connectivity index (χ1v) is 8.29.